The van der Waals surface area contributed by atoms with E-state index in [9.17, 15) is 4.79 Å². The molecule has 2 heterocycles. The van der Waals surface area contributed by atoms with E-state index in [-0.39, 0.29) is 11.8 Å². The molecule has 1 fully saturated rings. The Hall–Kier alpha value is -4.00. The highest BCUT2D eigenvalue weighted by molar-refractivity contribution is 5.98. The van der Waals surface area contributed by atoms with Crippen molar-refractivity contribution < 1.29 is 19.0 Å². The van der Waals surface area contributed by atoms with Gasteiger partial charge in [0, 0.05) is 31.5 Å². The van der Waals surface area contributed by atoms with E-state index < -0.39 is 0 Å². The molecule has 0 spiro atoms. The van der Waals surface area contributed by atoms with Crippen molar-refractivity contribution in [2.75, 3.05) is 32.3 Å². The molecule has 5 rings (SSSR count). The molecule has 0 aliphatic carbocycles. The number of fused-ring (bicyclic) bond motifs is 1. The zero-order valence-electron chi connectivity index (χ0n) is 22.5. The maximum Gasteiger partial charge on any atom is 0.227 e. The molecule has 3 aromatic carbocycles. The molecule has 38 heavy (non-hydrogen) atoms. The number of imidazole rings is 1. The number of nitrogens with zero attached hydrogens (tertiary/aromatic N) is 3. The minimum Gasteiger partial charge on any atom is -0.497 e. The number of methoxy groups -OCH3 is 2. The van der Waals surface area contributed by atoms with Gasteiger partial charge in [-0.15, -0.1) is 0 Å². The Kier molecular flexibility index (Phi) is 7.54. The normalized spacial score (nSPS) is 15.4. The van der Waals surface area contributed by atoms with Crippen molar-refractivity contribution in [3.05, 3.63) is 78.1 Å². The smallest absolute Gasteiger partial charge is 0.227 e. The summed E-state index contributed by atoms with van der Waals surface area (Å²) in [5.41, 5.74) is 4.05. The topological polar surface area (TPSA) is 65.8 Å². The monoisotopic (exact) mass is 513 g/mol. The van der Waals surface area contributed by atoms with Gasteiger partial charge in [-0.2, -0.15) is 0 Å². The van der Waals surface area contributed by atoms with Crippen LogP contribution in [0.5, 0.6) is 17.2 Å². The van der Waals surface area contributed by atoms with Gasteiger partial charge < -0.3 is 23.7 Å². The maximum absolute atomic E-state index is 13.2. The quantitative estimate of drug-likeness (QED) is 0.237. The molecule has 0 bridgehead atoms. The van der Waals surface area contributed by atoms with E-state index in [2.05, 4.69) is 36.6 Å². The van der Waals surface area contributed by atoms with Crippen LogP contribution in [0.25, 0.3) is 11.0 Å². The summed E-state index contributed by atoms with van der Waals surface area (Å²) in [5.74, 6) is 3.67. The molecule has 7 heteroatoms. The number of ether oxygens (including phenoxy) is 3. The number of carbonyl (C=O) groups excluding carboxylic acids is 1. The van der Waals surface area contributed by atoms with Crippen molar-refractivity contribution in [2.45, 2.75) is 45.1 Å². The maximum atomic E-state index is 13.2. The summed E-state index contributed by atoms with van der Waals surface area (Å²) in [4.78, 5) is 20.0. The molecule has 1 amide bonds. The molecule has 0 saturated carbocycles. The average molecular weight is 514 g/mol. The van der Waals surface area contributed by atoms with Crippen molar-refractivity contribution in [1.29, 1.82) is 0 Å². The van der Waals surface area contributed by atoms with Crippen LogP contribution >= 0.6 is 0 Å². The first-order valence-corrected chi connectivity index (χ1v) is 13.2. The van der Waals surface area contributed by atoms with Gasteiger partial charge in [0.1, 0.15) is 23.1 Å². The fraction of sp³-hybridized carbons (Fsp3) is 0.355. The van der Waals surface area contributed by atoms with Gasteiger partial charge in [0.15, 0.2) is 0 Å². The Labute approximate surface area is 224 Å². The molecule has 0 N–H and O–H groups in total. The predicted octanol–water partition coefficient (Wildman–Crippen LogP) is 6.17. The molecule has 4 aromatic rings. The number of para-hydroxylation sites is 2. The number of benzene rings is 3. The minimum absolute atomic E-state index is 0.0321. The largest absolute Gasteiger partial charge is 0.497 e. The SMILES string of the molecule is COc1ccc(OC)c(N2CC(c3nc4ccccc4n3CCCOc3ccc(C(C)C)cc3)CC2=O)c1. The lowest BCUT2D eigenvalue weighted by Gasteiger charge is -2.20. The highest BCUT2D eigenvalue weighted by Crippen LogP contribution is 2.39. The molecule has 1 unspecified atom stereocenters. The third-order valence-corrected chi connectivity index (χ3v) is 7.19. The van der Waals surface area contributed by atoms with Crippen molar-refractivity contribution in [1.82, 2.24) is 9.55 Å². The second kappa shape index (κ2) is 11.2. The summed E-state index contributed by atoms with van der Waals surface area (Å²) in [5, 5.41) is 0. The van der Waals surface area contributed by atoms with Gasteiger partial charge in [-0.25, -0.2) is 4.98 Å². The lowest BCUT2D eigenvalue weighted by molar-refractivity contribution is -0.117. The van der Waals surface area contributed by atoms with Crippen LogP contribution in [0.4, 0.5) is 5.69 Å². The zero-order chi connectivity index (χ0) is 26.6. The first-order valence-electron chi connectivity index (χ1n) is 13.2. The number of anilines is 1. The van der Waals surface area contributed by atoms with E-state index in [4.69, 9.17) is 19.2 Å². The molecular weight excluding hydrogens is 478 g/mol. The number of aryl methyl sites for hydroxylation is 1. The highest BCUT2D eigenvalue weighted by Gasteiger charge is 2.36. The van der Waals surface area contributed by atoms with Gasteiger partial charge in [-0.1, -0.05) is 38.1 Å². The van der Waals surface area contributed by atoms with E-state index in [0.29, 0.717) is 37.0 Å². The average Bonchev–Trinajstić information content (AvgIpc) is 3.51. The molecule has 198 valence electrons. The Bertz CT molecular complexity index is 1410. The van der Waals surface area contributed by atoms with Crippen LogP contribution < -0.4 is 19.1 Å². The molecule has 0 radical (unpaired) electrons. The van der Waals surface area contributed by atoms with Crippen molar-refractivity contribution in [3.8, 4) is 17.2 Å². The standard InChI is InChI=1S/C31H35N3O4/c1-21(2)22-10-12-24(13-11-22)38-17-7-16-33-27-9-6-5-8-26(27)32-31(33)23-18-30(35)34(20-23)28-19-25(36-3)14-15-29(28)37-4/h5-6,8-15,19,21,23H,7,16-18,20H2,1-4H3. The molecular formula is C31H35N3O4. The fourth-order valence-corrected chi connectivity index (χ4v) is 5.12. The van der Waals surface area contributed by atoms with Gasteiger partial charge in [-0.3, -0.25) is 4.79 Å². The van der Waals surface area contributed by atoms with E-state index in [0.717, 1.165) is 41.3 Å². The molecule has 1 aliphatic rings. The summed E-state index contributed by atoms with van der Waals surface area (Å²) < 4.78 is 19.2. The van der Waals surface area contributed by atoms with Crippen LogP contribution in [0.15, 0.2) is 66.7 Å². The van der Waals surface area contributed by atoms with Gasteiger partial charge in [0.05, 0.1) is 37.5 Å². The van der Waals surface area contributed by atoms with E-state index in [1.54, 1.807) is 19.1 Å². The third kappa shape index (κ3) is 5.19. The Morgan fingerprint density at radius 1 is 0.974 bits per heavy atom. The molecule has 1 aliphatic heterocycles. The summed E-state index contributed by atoms with van der Waals surface area (Å²) in [6, 6.07) is 22.0. The van der Waals surface area contributed by atoms with E-state index >= 15 is 0 Å². The number of aromatic nitrogens is 2. The second-order valence-corrected chi connectivity index (χ2v) is 9.98. The summed E-state index contributed by atoms with van der Waals surface area (Å²) in [7, 11) is 3.23. The van der Waals surface area contributed by atoms with Crippen LogP contribution in [0, 0.1) is 0 Å². The first kappa shape index (κ1) is 25.6. The number of hydrogen-bond acceptors (Lipinski definition) is 5. The van der Waals surface area contributed by atoms with Crippen molar-refractivity contribution in [3.63, 3.8) is 0 Å². The minimum atomic E-state index is -0.0321. The molecule has 7 nitrogen and oxygen atoms in total. The Morgan fingerprint density at radius 2 is 1.74 bits per heavy atom. The molecule has 1 atom stereocenters. The second-order valence-electron chi connectivity index (χ2n) is 9.98. The van der Waals surface area contributed by atoms with Crippen LogP contribution in [0.3, 0.4) is 0 Å². The van der Waals surface area contributed by atoms with Gasteiger partial charge >= 0.3 is 0 Å². The molecule has 1 aromatic heterocycles. The van der Waals surface area contributed by atoms with Gasteiger partial charge in [0.2, 0.25) is 5.91 Å². The predicted molar refractivity (Wildman–Crippen MR) is 150 cm³/mol. The van der Waals surface area contributed by atoms with Gasteiger partial charge in [0.25, 0.3) is 0 Å². The third-order valence-electron chi connectivity index (χ3n) is 7.19. The lowest BCUT2D eigenvalue weighted by Crippen LogP contribution is -2.25. The number of amides is 1. The van der Waals surface area contributed by atoms with E-state index in [1.165, 1.54) is 5.56 Å². The van der Waals surface area contributed by atoms with Crippen molar-refractivity contribution in [2.24, 2.45) is 0 Å². The van der Waals surface area contributed by atoms with Crippen LogP contribution in [-0.4, -0.2) is 42.8 Å². The molecule has 1 saturated heterocycles. The number of rotatable bonds is 10. The Morgan fingerprint density at radius 3 is 2.47 bits per heavy atom. The summed E-state index contributed by atoms with van der Waals surface area (Å²) in [6.45, 7) is 6.27. The summed E-state index contributed by atoms with van der Waals surface area (Å²) in [6.07, 6.45) is 1.22. The highest BCUT2D eigenvalue weighted by atomic mass is 16.5. The van der Waals surface area contributed by atoms with Crippen LogP contribution in [-0.2, 0) is 11.3 Å². The number of hydrogen-bond donors (Lipinski definition) is 0. The lowest BCUT2D eigenvalue weighted by atomic mass is 10.0. The van der Waals surface area contributed by atoms with Gasteiger partial charge in [-0.05, 0) is 54.3 Å². The van der Waals surface area contributed by atoms with Crippen LogP contribution in [0.1, 0.15) is 49.9 Å². The number of carbonyl (C=O) groups is 1. The Balaban J connectivity index is 1.33. The fourth-order valence-electron chi connectivity index (χ4n) is 5.12. The van der Waals surface area contributed by atoms with Crippen LogP contribution in [0.2, 0.25) is 0 Å². The van der Waals surface area contributed by atoms with Crippen molar-refractivity contribution >= 4 is 22.6 Å². The summed E-state index contributed by atoms with van der Waals surface area (Å²) >= 11 is 0. The first-order chi connectivity index (χ1) is 18.5. The zero-order valence-corrected chi connectivity index (χ0v) is 22.5. The van der Waals surface area contributed by atoms with E-state index in [1.807, 2.05) is 48.5 Å².